The minimum absolute atomic E-state index is 0.143. The molecule has 0 aliphatic carbocycles. The molecule has 0 spiro atoms. The molecule has 0 N–H and O–H groups in total. The molecule has 4 aromatic rings. The van der Waals surface area contributed by atoms with Crippen molar-refractivity contribution in [2.75, 3.05) is 24.6 Å². The molecule has 0 bridgehead atoms. The van der Waals surface area contributed by atoms with Gasteiger partial charge in [0, 0.05) is 44.9 Å². The van der Waals surface area contributed by atoms with Gasteiger partial charge in [-0.25, -0.2) is 15.0 Å². The van der Waals surface area contributed by atoms with Crippen molar-refractivity contribution in [1.29, 1.82) is 0 Å². The molecule has 3 aromatic heterocycles. The lowest BCUT2D eigenvalue weighted by Crippen LogP contribution is -2.34. The average Bonchev–Trinajstić information content (AvgIpc) is 3.13. The number of hydrogen-bond donors (Lipinski definition) is 0. The predicted molar refractivity (Wildman–Crippen MR) is 120 cm³/mol. The standard InChI is InChI=1S/C23H23N7O3/c1-15-26-22(28-33-15)17-6-4-16(5-7-17)20-13-30(10-3-11-32-20)23-27-19(12-21(31)29(23)2)18-8-9-24-14-25-18/h4-9,12,14,20H,3,10-11,13H2,1-2H3/t20-/m1/s1. The minimum atomic E-state index is -0.173. The van der Waals surface area contributed by atoms with Gasteiger partial charge in [-0.15, -0.1) is 0 Å². The second-order valence-corrected chi connectivity index (χ2v) is 7.85. The van der Waals surface area contributed by atoms with E-state index in [1.807, 2.05) is 24.3 Å². The Kier molecular flexibility index (Phi) is 5.66. The lowest BCUT2D eigenvalue weighted by Gasteiger charge is -2.26. The monoisotopic (exact) mass is 445 g/mol. The summed E-state index contributed by atoms with van der Waals surface area (Å²) >= 11 is 0. The van der Waals surface area contributed by atoms with Crippen LogP contribution in [0.25, 0.3) is 22.8 Å². The van der Waals surface area contributed by atoms with E-state index in [-0.39, 0.29) is 11.7 Å². The first-order valence-electron chi connectivity index (χ1n) is 10.7. The van der Waals surface area contributed by atoms with Crippen LogP contribution in [0.4, 0.5) is 5.95 Å². The Balaban J connectivity index is 1.43. The number of ether oxygens (including phenoxy) is 1. The van der Waals surface area contributed by atoms with Gasteiger partial charge in [0.05, 0.1) is 17.9 Å². The van der Waals surface area contributed by atoms with Crippen LogP contribution >= 0.6 is 0 Å². The summed E-state index contributed by atoms with van der Waals surface area (Å²) < 4.78 is 12.8. The quantitative estimate of drug-likeness (QED) is 0.468. The van der Waals surface area contributed by atoms with E-state index in [0.29, 0.717) is 42.2 Å². The third-order valence-electron chi connectivity index (χ3n) is 5.58. The van der Waals surface area contributed by atoms with Crippen LogP contribution in [0.2, 0.25) is 0 Å². The number of aryl methyl sites for hydroxylation is 1. The fraction of sp³-hybridized carbons (Fsp3) is 0.304. The zero-order valence-electron chi connectivity index (χ0n) is 18.4. The van der Waals surface area contributed by atoms with Crippen LogP contribution in [0, 0.1) is 6.92 Å². The molecule has 5 rings (SSSR count). The summed E-state index contributed by atoms with van der Waals surface area (Å²) in [7, 11) is 1.73. The molecular weight excluding hydrogens is 422 g/mol. The van der Waals surface area contributed by atoms with E-state index in [1.165, 1.54) is 12.4 Å². The van der Waals surface area contributed by atoms with Crippen LogP contribution in [0.15, 0.2) is 58.2 Å². The third-order valence-corrected chi connectivity index (χ3v) is 5.58. The van der Waals surface area contributed by atoms with E-state index >= 15 is 0 Å². The molecule has 1 atom stereocenters. The topological polar surface area (TPSA) is 112 Å². The number of rotatable bonds is 4. The lowest BCUT2D eigenvalue weighted by molar-refractivity contribution is 0.0685. The van der Waals surface area contributed by atoms with Crippen molar-refractivity contribution < 1.29 is 9.26 Å². The number of anilines is 1. The largest absolute Gasteiger partial charge is 0.372 e. The maximum Gasteiger partial charge on any atom is 0.255 e. The zero-order valence-corrected chi connectivity index (χ0v) is 18.4. The van der Waals surface area contributed by atoms with Gasteiger partial charge in [-0.05, 0) is 18.1 Å². The van der Waals surface area contributed by atoms with Crippen LogP contribution in [-0.4, -0.2) is 49.4 Å². The Morgan fingerprint density at radius 3 is 2.67 bits per heavy atom. The Labute approximate surface area is 189 Å². The number of hydrogen-bond acceptors (Lipinski definition) is 9. The van der Waals surface area contributed by atoms with Crippen molar-refractivity contribution in [3.8, 4) is 22.8 Å². The van der Waals surface area contributed by atoms with Gasteiger partial charge in [0.15, 0.2) is 0 Å². The van der Waals surface area contributed by atoms with Gasteiger partial charge in [0.2, 0.25) is 17.7 Å². The minimum Gasteiger partial charge on any atom is -0.372 e. The first-order chi connectivity index (χ1) is 16.1. The van der Waals surface area contributed by atoms with Gasteiger partial charge in [0.25, 0.3) is 5.56 Å². The smallest absolute Gasteiger partial charge is 0.255 e. The zero-order chi connectivity index (χ0) is 22.8. The maximum absolute atomic E-state index is 12.7. The highest BCUT2D eigenvalue weighted by Gasteiger charge is 2.24. The number of benzene rings is 1. The van der Waals surface area contributed by atoms with Crippen LogP contribution in [0.5, 0.6) is 0 Å². The SMILES string of the molecule is Cc1nc(-c2ccc([C@H]3CN(c4nc(-c5ccncn5)cc(=O)n4C)CCCO3)cc2)no1. The molecule has 33 heavy (non-hydrogen) atoms. The molecule has 0 saturated carbocycles. The maximum atomic E-state index is 12.7. The summed E-state index contributed by atoms with van der Waals surface area (Å²) in [4.78, 5) is 32.0. The molecular formula is C23H23N7O3. The fourth-order valence-electron chi connectivity index (χ4n) is 3.86. The number of aromatic nitrogens is 6. The number of nitrogens with zero attached hydrogens (tertiary/aromatic N) is 7. The van der Waals surface area contributed by atoms with E-state index < -0.39 is 0 Å². The van der Waals surface area contributed by atoms with Gasteiger partial charge in [-0.3, -0.25) is 9.36 Å². The highest BCUT2D eigenvalue weighted by atomic mass is 16.5. The highest BCUT2D eigenvalue weighted by molar-refractivity contribution is 5.56. The second kappa shape index (κ2) is 8.91. The van der Waals surface area contributed by atoms with Crippen LogP contribution < -0.4 is 10.5 Å². The van der Waals surface area contributed by atoms with Crippen molar-refractivity contribution >= 4 is 5.95 Å². The Bertz CT molecular complexity index is 1300. The summed E-state index contributed by atoms with van der Waals surface area (Å²) in [6.45, 7) is 3.67. The van der Waals surface area contributed by atoms with E-state index in [2.05, 4.69) is 25.0 Å². The molecule has 4 heterocycles. The van der Waals surface area contributed by atoms with Crippen molar-refractivity contribution in [2.24, 2.45) is 7.05 Å². The summed E-state index contributed by atoms with van der Waals surface area (Å²) in [6, 6.07) is 11.2. The summed E-state index contributed by atoms with van der Waals surface area (Å²) in [5.41, 5.74) is 2.90. The predicted octanol–water partition coefficient (Wildman–Crippen LogP) is 2.56. The van der Waals surface area contributed by atoms with E-state index in [9.17, 15) is 4.79 Å². The third kappa shape index (κ3) is 4.37. The first kappa shape index (κ1) is 21.0. The van der Waals surface area contributed by atoms with Crippen molar-refractivity contribution in [3.05, 3.63) is 70.7 Å². The second-order valence-electron chi connectivity index (χ2n) is 7.85. The van der Waals surface area contributed by atoms with Crippen molar-refractivity contribution in [3.63, 3.8) is 0 Å². The Morgan fingerprint density at radius 1 is 1.09 bits per heavy atom. The highest BCUT2D eigenvalue weighted by Crippen LogP contribution is 2.27. The lowest BCUT2D eigenvalue weighted by atomic mass is 10.1. The average molecular weight is 445 g/mol. The molecule has 0 amide bonds. The molecule has 10 heteroatoms. The normalized spacial score (nSPS) is 16.5. The van der Waals surface area contributed by atoms with Crippen molar-refractivity contribution in [1.82, 2.24) is 29.7 Å². The van der Waals surface area contributed by atoms with Gasteiger partial charge in [-0.2, -0.15) is 4.98 Å². The Morgan fingerprint density at radius 2 is 1.94 bits per heavy atom. The molecule has 0 unspecified atom stereocenters. The molecule has 168 valence electrons. The summed E-state index contributed by atoms with van der Waals surface area (Å²) in [6.07, 6.45) is 3.73. The van der Waals surface area contributed by atoms with Gasteiger partial charge in [0.1, 0.15) is 12.4 Å². The van der Waals surface area contributed by atoms with Crippen LogP contribution in [0.3, 0.4) is 0 Å². The van der Waals surface area contributed by atoms with Crippen LogP contribution in [-0.2, 0) is 11.8 Å². The molecule has 1 aliphatic rings. The molecule has 0 radical (unpaired) electrons. The summed E-state index contributed by atoms with van der Waals surface area (Å²) in [5, 5.41) is 3.97. The molecule has 1 aliphatic heterocycles. The van der Waals surface area contributed by atoms with Gasteiger partial charge in [-0.1, -0.05) is 29.4 Å². The molecule has 1 saturated heterocycles. The fourth-order valence-corrected chi connectivity index (χ4v) is 3.86. The van der Waals surface area contributed by atoms with Gasteiger partial charge >= 0.3 is 0 Å². The van der Waals surface area contributed by atoms with Gasteiger partial charge < -0.3 is 14.2 Å². The molecule has 1 fully saturated rings. The summed E-state index contributed by atoms with van der Waals surface area (Å²) in [5.74, 6) is 1.67. The van der Waals surface area contributed by atoms with Crippen molar-refractivity contribution in [2.45, 2.75) is 19.4 Å². The van der Waals surface area contributed by atoms with E-state index in [1.54, 1.807) is 30.8 Å². The Hall–Kier alpha value is -3.92. The van der Waals surface area contributed by atoms with E-state index in [0.717, 1.165) is 24.1 Å². The molecule has 10 nitrogen and oxygen atoms in total. The van der Waals surface area contributed by atoms with E-state index in [4.69, 9.17) is 14.2 Å². The van der Waals surface area contributed by atoms with Crippen LogP contribution in [0.1, 0.15) is 24.0 Å². The first-order valence-corrected chi connectivity index (χ1v) is 10.7. The molecule has 1 aromatic carbocycles.